The molecule has 80 heavy (non-hydrogen) atoms. The third-order valence-electron chi connectivity index (χ3n) is 13.3. The number of nitrogens with one attached hydrogen (secondary N) is 3. The fourth-order valence-electron chi connectivity index (χ4n) is 9.21. The molecule has 8 aromatic rings. The normalized spacial score (nSPS) is 15.5. The Kier molecular flexibility index (Phi) is 17.3. The minimum Gasteiger partial charge on any atom is -0.444 e. The molecule has 0 spiro atoms. The molecule has 0 saturated heterocycles. The zero-order valence-electron chi connectivity index (χ0n) is 47.0. The number of fused-ring (bicyclic) bond motifs is 2. The number of carbonyl (C=O) groups is 3. The van der Waals surface area contributed by atoms with E-state index in [1.807, 2.05) is 113 Å². The van der Waals surface area contributed by atoms with Gasteiger partial charge >= 0.3 is 6.09 Å². The molecule has 0 aliphatic carbocycles. The highest BCUT2D eigenvalue weighted by Gasteiger charge is 2.32. The molecule has 420 valence electrons. The van der Waals surface area contributed by atoms with E-state index in [2.05, 4.69) is 88.8 Å². The van der Waals surface area contributed by atoms with Crippen LogP contribution < -0.4 is 16.0 Å². The molecule has 2 aliphatic heterocycles. The number of carbonyl (C=O) groups excluding carboxylic acids is 3. The van der Waals surface area contributed by atoms with Crippen molar-refractivity contribution in [1.29, 1.82) is 0 Å². The van der Waals surface area contributed by atoms with Crippen molar-refractivity contribution in [3.05, 3.63) is 120 Å². The van der Waals surface area contributed by atoms with Gasteiger partial charge in [-0.25, -0.2) is 34.1 Å². The molecular weight excluding hydrogens is 1040 g/mol. The van der Waals surface area contributed by atoms with Crippen molar-refractivity contribution in [3.8, 4) is 22.8 Å². The molecule has 2 aromatic carbocycles. The lowest BCUT2D eigenvalue weighted by atomic mass is 9.87. The maximum Gasteiger partial charge on any atom is 0.410 e. The highest BCUT2D eigenvalue weighted by molar-refractivity contribution is 5.95. The summed E-state index contributed by atoms with van der Waals surface area (Å²) >= 11 is 0. The summed E-state index contributed by atoms with van der Waals surface area (Å²) < 4.78 is 12.5. The van der Waals surface area contributed by atoms with Gasteiger partial charge in [0.1, 0.15) is 29.6 Å². The van der Waals surface area contributed by atoms with E-state index in [9.17, 15) is 14.4 Å². The summed E-state index contributed by atoms with van der Waals surface area (Å²) in [6, 6.07) is 12.1. The average Bonchev–Trinajstić information content (AvgIpc) is 4.27. The first-order valence-electron chi connectivity index (χ1n) is 26.3. The van der Waals surface area contributed by atoms with Crippen LogP contribution in [0.4, 0.5) is 28.1 Å². The van der Waals surface area contributed by atoms with Gasteiger partial charge < -0.3 is 25.6 Å². The number of benzene rings is 2. The molecule has 3 N–H and O–H groups in total. The van der Waals surface area contributed by atoms with E-state index in [1.54, 1.807) is 48.4 Å². The molecule has 24 nitrogen and oxygen atoms in total. The van der Waals surface area contributed by atoms with Crippen LogP contribution in [0.1, 0.15) is 143 Å². The number of halogens is 1. The molecule has 2 aliphatic rings. The summed E-state index contributed by atoms with van der Waals surface area (Å²) in [7, 11) is 3.68. The van der Waals surface area contributed by atoms with Gasteiger partial charge in [0.2, 0.25) is 11.9 Å². The van der Waals surface area contributed by atoms with Gasteiger partial charge in [-0.15, -0.1) is 22.6 Å². The number of hydrogen-bond acceptors (Lipinski definition) is 19. The molecule has 0 radical (unpaired) electrons. The van der Waals surface area contributed by atoms with Crippen LogP contribution in [0.15, 0.2) is 86.2 Å². The summed E-state index contributed by atoms with van der Waals surface area (Å²) in [6.45, 7) is 20.0. The maximum atomic E-state index is 13.4. The summed E-state index contributed by atoms with van der Waals surface area (Å²) in [5.74, 6) is 1.77. The highest BCUT2D eigenvalue weighted by Crippen LogP contribution is 2.36. The van der Waals surface area contributed by atoms with Crippen molar-refractivity contribution in [2.24, 2.45) is 14.1 Å². The second-order valence-electron chi connectivity index (χ2n) is 22.9. The molecule has 10 rings (SSSR count). The van der Waals surface area contributed by atoms with Crippen LogP contribution in [-0.2, 0) is 43.0 Å². The van der Waals surface area contributed by atoms with Gasteiger partial charge in [0.25, 0.3) is 0 Å². The van der Waals surface area contributed by atoms with E-state index in [1.165, 1.54) is 18.2 Å². The summed E-state index contributed by atoms with van der Waals surface area (Å²) in [4.78, 5) is 67.8. The lowest BCUT2D eigenvalue weighted by Gasteiger charge is -2.26. The standard InChI is InChI=1S/C30H38N10O3.C25H30N10O.ClH/c1-29(2,3)40-17-24(36-37-40)25(41)13-19-10-11-39(28(42)43-30(4,5)6)15-21-12-20(8-9-23(19)21)26-31-18-32-27(35-26)34-22-14-33-38(7)16-22;1-25(2,3)35-14-21(32-33-35)22(36)10-16-7-8-26-11-18-9-17(5-6-20(16)18)23-27-15-28-24(31-23)30-19-12-29-34(4)13-19;/h8-9,12,14,16-19H,10-11,13,15H2,1-7H3,(H,31,32,34,35);5-6,9,12-16,26H,7-8,10-11H2,1-4H3,(H,27,28,30,31);1H/t19-;16-;/m00./s1. The Hall–Kier alpha value is -8.38. The van der Waals surface area contributed by atoms with Crippen molar-refractivity contribution in [1.82, 2.24) is 89.7 Å². The third-order valence-corrected chi connectivity index (χ3v) is 13.3. The first-order valence-corrected chi connectivity index (χ1v) is 26.3. The maximum absolute atomic E-state index is 13.4. The fraction of sp³-hybridized carbons (Fsp3) is 0.436. The van der Waals surface area contributed by atoms with Crippen molar-refractivity contribution in [3.63, 3.8) is 0 Å². The van der Waals surface area contributed by atoms with E-state index in [-0.39, 0.29) is 53.3 Å². The average molecular weight is 1110 g/mol. The van der Waals surface area contributed by atoms with Crippen LogP contribution in [0, 0.1) is 0 Å². The number of amides is 1. The Bertz CT molecular complexity index is 3470. The van der Waals surface area contributed by atoms with E-state index in [0.717, 1.165) is 58.7 Å². The lowest BCUT2D eigenvalue weighted by molar-refractivity contribution is 0.0234. The number of aryl methyl sites for hydroxylation is 2. The number of aromatic nitrogens is 16. The van der Waals surface area contributed by atoms with Crippen LogP contribution in [0.5, 0.6) is 0 Å². The van der Waals surface area contributed by atoms with Gasteiger partial charge in [-0.1, -0.05) is 34.7 Å². The number of hydrogen-bond donors (Lipinski definition) is 3. The van der Waals surface area contributed by atoms with Crippen molar-refractivity contribution >= 4 is 53.3 Å². The fourth-order valence-corrected chi connectivity index (χ4v) is 9.21. The zero-order valence-corrected chi connectivity index (χ0v) is 47.9. The highest BCUT2D eigenvalue weighted by atomic mass is 35.5. The lowest BCUT2D eigenvalue weighted by Crippen LogP contribution is -2.36. The summed E-state index contributed by atoms with van der Waals surface area (Å²) in [5, 5.41) is 34.7. The topological polar surface area (TPSA) is 274 Å². The molecular formula is C55H69ClN20O4. The molecule has 0 fully saturated rings. The van der Waals surface area contributed by atoms with Crippen LogP contribution in [0.2, 0.25) is 0 Å². The monoisotopic (exact) mass is 1110 g/mol. The molecule has 25 heteroatoms. The van der Waals surface area contributed by atoms with E-state index >= 15 is 0 Å². The minimum atomic E-state index is -0.634. The van der Waals surface area contributed by atoms with Crippen molar-refractivity contribution in [2.75, 3.05) is 23.7 Å². The summed E-state index contributed by atoms with van der Waals surface area (Å²) in [5.41, 5.74) is 7.03. The van der Waals surface area contributed by atoms with Crippen LogP contribution in [0.25, 0.3) is 22.8 Å². The molecule has 0 unspecified atom stereocenters. The first-order chi connectivity index (χ1) is 37.5. The van der Waals surface area contributed by atoms with E-state index in [4.69, 9.17) is 4.74 Å². The van der Waals surface area contributed by atoms with Gasteiger partial charge in [-0.2, -0.15) is 20.2 Å². The van der Waals surface area contributed by atoms with Crippen molar-refractivity contribution < 1.29 is 19.1 Å². The number of ketones is 2. The van der Waals surface area contributed by atoms with E-state index in [0.29, 0.717) is 60.9 Å². The Balaban J connectivity index is 0.000000211. The van der Waals surface area contributed by atoms with Gasteiger partial charge in [0.05, 0.1) is 47.2 Å². The SMILES string of the molecule is Cl.Cn1cc(Nc2ncnc(-c3ccc4c(c3)CN(C(=O)OC(C)(C)C)CC[C@H]4CC(=O)c3cn(C(C)(C)C)nn3)n2)cn1.Cn1cc(Nc2ncnc(-c3ccc4c(c3)CNCC[C@H]4CC(=O)c3cn(C(C)(C)C)nn3)n2)cn1. The first kappa shape index (κ1) is 57.8. The van der Waals surface area contributed by atoms with Gasteiger partial charge in [0.15, 0.2) is 23.2 Å². The second kappa shape index (κ2) is 23.9. The van der Waals surface area contributed by atoms with E-state index < -0.39 is 11.7 Å². The number of rotatable bonds is 12. The smallest absolute Gasteiger partial charge is 0.410 e. The van der Waals surface area contributed by atoms with Crippen LogP contribution in [0.3, 0.4) is 0 Å². The van der Waals surface area contributed by atoms with Gasteiger partial charge in [-0.05, 0) is 128 Å². The predicted molar refractivity (Wildman–Crippen MR) is 302 cm³/mol. The van der Waals surface area contributed by atoms with Crippen molar-refractivity contribution in [2.45, 2.75) is 130 Å². The summed E-state index contributed by atoms with van der Waals surface area (Å²) in [6.07, 6.45) is 15.2. The van der Waals surface area contributed by atoms with Crippen LogP contribution >= 0.6 is 12.4 Å². The molecule has 8 heterocycles. The Morgan fingerprint density at radius 3 is 1.60 bits per heavy atom. The largest absolute Gasteiger partial charge is 0.444 e. The predicted octanol–water partition coefficient (Wildman–Crippen LogP) is 8.49. The minimum absolute atomic E-state index is 0. The number of Topliss-reactive ketones (excluding diaryl/α,β-unsaturated/α-hetero) is 2. The Morgan fingerprint density at radius 1 is 0.650 bits per heavy atom. The molecule has 1 amide bonds. The van der Waals surface area contributed by atoms with Gasteiger partial charge in [0, 0.05) is 70.1 Å². The second-order valence-corrected chi connectivity index (χ2v) is 22.9. The third kappa shape index (κ3) is 14.5. The number of ether oxygens (including phenoxy) is 1. The Labute approximate surface area is 470 Å². The number of anilines is 4. The quantitative estimate of drug-likeness (QED) is 0.0967. The Morgan fingerprint density at radius 2 is 1.14 bits per heavy atom. The molecule has 0 bridgehead atoms. The molecule has 6 aromatic heterocycles. The molecule has 0 saturated carbocycles. The molecule has 2 atom stereocenters. The zero-order chi connectivity index (χ0) is 56.2. The number of nitrogens with zero attached hydrogens (tertiary/aromatic N) is 17. The van der Waals surface area contributed by atoms with Gasteiger partial charge in [-0.3, -0.25) is 19.0 Å². The van der Waals surface area contributed by atoms with Crippen LogP contribution in [-0.4, -0.2) is 121 Å².